The Balaban J connectivity index is 2.07. The highest BCUT2D eigenvalue weighted by atomic mass is 19.1. The molecule has 0 aliphatic carbocycles. The molecule has 20 heavy (non-hydrogen) atoms. The second kappa shape index (κ2) is 5.92. The van der Waals surface area contributed by atoms with Crippen LogP contribution in [0.15, 0.2) is 42.5 Å². The second-order valence-electron chi connectivity index (χ2n) is 3.99. The summed E-state index contributed by atoms with van der Waals surface area (Å²) in [6.45, 7) is 0.00445. The maximum Gasteiger partial charge on any atom is 0.354 e. The molecule has 2 rings (SSSR count). The van der Waals surface area contributed by atoms with Gasteiger partial charge in [-0.25, -0.2) is 14.2 Å². The molecule has 0 atom stereocenters. The van der Waals surface area contributed by atoms with Crippen molar-refractivity contribution in [2.75, 3.05) is 0 Å². The minimum absolute atomic E-state index is 0.00445. The van der Waals surface area contributed by atoms with Gasteiger partial charge in [-0.05, 0) is 18.2 Å². The molecule has 1 aromatic heterocycles. The molecular weight excluding hydrogens is 263 g/mol. The monoisotopic (exact) mass is 274 g/mol. The van der Waals surface area contributed by atoms with E-state index in [1.165, 1.54) is 24.3 Å². The van der Waals surface area contributed by atoms with E-state index in [2.05, 4.69) is 10.3 Å². The zero-order valence-electron chi connectivity index (χ0n) is 10.3. The van der Waals surface area contributed by atoms with Crippen molar-refractivity contribution in [3.8, 4) is 0 Å². The van der Waals surface area contributed by atoms with Crippen LogP contribution in [0.3, 0.4) is 0 Å². The number of aromatic carboxylic acids is 1. The van der Waals surface area contributed by atoms with E-state index < -0.39 is 17.7 Å². The number of hydrogen-bond donors (Lipinski definition) is 2. The van der Waals surface area contributed by atoms with Crippen LogP contribution in [-0.4, -0.2) is 22.0 Å². The van der Waals surface area contributed by atoms with Crippen molar-refractivity contribution in [1.82, 2.24) is 10.3 Å². The first-order valence-corrected chi connectivity index (χ1v) is 5.80. The van der Waals surface area contributed by atoms with Crippen molar-refractivity contribution in [2.45, 2.75) is 6.54 Å². The molecule has 0 saturated carbocycles. The maximum atomic E-state index is 13.4. The fourth-order valence-corrected chi connectivity index (χ4v) is 1.59. The molecule has 1 aromatic carbocycles. The molecular formula is C14H11FN2O3. The molecule has 0 unspecified atom stereocenters. The molecule has 2 N–H and O–H groups in total. The quantitative estimate of drug-likeness (QED) is 0.891. The summed E-state index contributed by atoms with van der Waals surface area (Å²) in [5.74, 6) is -2.19. The summed E-state index contributed by atoms with van der Waals surface area (Å²) in [4.78, 5) is 26.3. The van der Waals surface area contributed by atoms with Gasteiger partial charge in [-0.3, -0.25) is 4.79 Å². The third-order valence-corrected chi connectivity index (χ3v) is 2.60. The first kappa shape index (κ1) is 13.7. The molecule has 2 aromatic rings. The van der Waals surface area contributed by atoms with Gasteiger partial charge in [0, 0.05) is 12.1 Å². The summed E-state index contributed by atoms with van der Waals surface area (Å²) in [6, 6.07) is 10.2. The van der Waals surface area contributed by atoms with Crippen molar-refractivity contribution in [3.63, 3.8) is 0 Å². The van der Waals surface area contributed by atoms with Crippen molar-refractivity contribution in [1.29, 1.82) is 0 Å². The third kappa shape index (κ3) is 3.17. The van der Waals surface area contributed by atoms with Crippen LogP contribution in [0.25, 0.3) is 0 Å². The Morgan fingerprint density at radius 2 is 1.80 bits per heavy atom. The lowest BCUT2D eigenvalue weighted by Crippen LogP contribution is -2.24. The zero-order chi connectivity index (χ0) is 14.5. The number of pyridine rings is 1. The van der Waals surface area contributed by atoms with Gasteiger partial charge in [-0.15, -0.1) is 0 Å². The molecule has 6 heteroatoms. The van der Waals surface area contributed by atoms with Crippen LogP contribution in [0.2, 0.25) is 0 Å². The summed E-state index contributed by atoms with van der Waals surface area (Å²) < 4.78 is 13.4. The van der Waals surface area contributed by atoms with E-state index in [0.29, 0.717) is 5.56 Å². The van der Waals surface area contributed by atoms with E-state index in [4.69, 9.17) is 5.11 Å². The predicted molar refractivity (Wildman–Crippen MR) is 68.8 cm³/mol. The molecule has 0 saturated heterocycles. The number of aromatic nitrogens is 1. The van der Waals surface area contributed by atoms with E-state index in [1.54, 1.807) is 18.2 Å². The number of benzene rings is 1. The minimum atomic E-state index is -1.21. The van der Waals surface area contributed by atoms with E-state index >= 15 is 0 Å². The molecule has 1 heterocycles. The van der Waals surface area contributed by atoms with E-state index in [0.717, 1.165) is 0 Å². The summed E-state index contributed by atoms with van der Waals surface area (Å²) >= 11 is 0. The third-order valence-electron chi connectivity index (χ3n) is 2.60. The lowest BCUT2D eigenvalue weighted by molar-refractivity contribution is 0.0690. The normalized spacial score (nSPS) is 10.1. The number of rotatable bonds is 4. The predicted octanol–water partition coefficient (Wildman–Crippen LogP) is 1.85. The zero-order valence-corrected chi connectivity index (χ0v) is 10.3. The number of carbonyl (C=O) groups excluding carboxylic acids is 1. The van der Waals surface area contributed by atoms with Gasteiger partial charge in [0.1, 0.15) is 17.2 Å². The Kier molecular flexibility index (Phi) is 4.05. The molecule has 5 nitrogen and oxygen atoms in total. The van der Waals surface area contributed by atoms with Crippen molar-refractivity contribution in [3.05, 3.63) is 65.2 Å². The highest BCUT2D eigenvalue weighted by molar-refractivity contribution is 5.94. The lowest BCUT2D eigenvalue weighted by Gasteiger charge is -2.06. The molecule has 0 radical (unpaired) electrons. The average Bonchev–Trinajstić information content (AvgIpc) is 2.46. The van der Waals surface area contributed by atoms with E-state index in [9.17, 15) is 14.0 Å². The first-order chi connectivity index (χ1) is 9.58. The SMILES string of the molecule is O=C(O)c1cccc(C(=O)NCc2ccccc2F)n1. The number of amides is 1. The van der Waals surface area contributed by atoms with Gasteiger partial charge < -0.3 is 10.4 Å². The smallest absolute Gasteiger partial charge is 0.354 e. The fourth-order valence-electron chi connectivity index (χ4n) is 1.59. The van der Waals surface area contributed by atoms with Crippen LogP contribution in [0.4, 0.5) is 4.39 Å². The minimum Gasteiger partial charge on any atom is -0.477 e. The largest absolute Gasteiger partial charge is 0.477 e. The molecule has 0 fully saturated rings. The van der Waals surface area contributed by atoms with Gasteiger partial charge in [0.25, 0.3) is 5.91 Å². The number of carboxylic acid groups (broad SMARTS) is 1. The number of carboxylic acids is 1. The van der Waals surface area contributed by atoms with Crippen LogP contribution in [-0.2, 0) is 6.54 Å². The number of nitrogens with zero attached hydrogens (tertiary/aromatic N) is 1. The fraction of sp³-hybridized carbons (Fsp3) is 0.0714. The number of hydrogen-bond acceptors (Lipinski definition) is 3. The maximum absolute atomic E-state index is 13.4. The summed E-state index contributed by atoms with van der Waals surface area (Å²) in [6.07, 6.45) is 0. The van der Waals surface area contributed by atoms with Crippen LogP contribution in [0, 0.1) is 5.82 Å². The topological polar surface area (TPSA) is 79.3 Å². The van der Waals surface area contributed by atoms with Gasteiger partial charge >= 0.3 is 5.97 Å². The number of nitrogens with one attached hydrogen (secondary N) is 1. The Morgan fingerprint density at radius 1 is 1.10 bits per heavy atom. The lowest BCUT2D eigenvalue weighted by atomic mass is 10.2. The summed E-state index contributed by atoms with van der Waals surface area (Å²) in [5, 5.41) is 11.3. The molecule has 0 spiro atoms. The van der Waals surface area contributed by atoms with Gasteiger partial charge in [-0.2, -0.15) is 0 Å². The number of halogens is 1. The Bertz CT molecular complexity index is 658. The van der Waals surface area contributed by atoms with Gasteiger partial charge in [0.2, 0.25) is 0 Å². The van der Waals surface area contributed by atoms with Gasteiger partial charge in [0.05, 0.1) is 0 Å². The first-order valence-electron chi connectivity index (χ1n) is 5.80. The highest BCUT2D eigenvalue weighted by Gasteiger charge is 2.11. The molecule has 1 amide bonds. The van der Waals surface area contributed by atoms with E-state index in [1.807, 2.05) is 0 Å². The Hall–Kier alpha value is -2.76. The van der Waals surface area contributed by atoms with Crippen molar-refractivity contribution < 1.29 is 19.1 Å². The average molecular weight is 274 g/mol. The van der Waals surface area contributed by atoms with Crippen LogP contribution < -0.4 is 5.32 Å². The molecule has 102 valence electrons. The van der Waals surface area contributed by atoms with Gasteiger partial charge in [-0.1, -0.05) is 24.3 Å². The second-order valence-corrected chi connectivity index (χ2v) is 3.99. The van der Waals surface area contributed by atoms with E-state index in [-0.39, 0.29) is 17.9 Å². The van der Waals surface area contributed by atoms with Gasteiger partial charge in [0.15, 0.2) is 0 Å². The van der Waals surface area contributed by atoms with Crippen LogP contribution in [0.5, 0.6) is 0 Å². The standard InChI is InChI=1S/C14H11FN2O3/c15-10-5-2-1-4-9(10)8-16-13(18)11-6-3-7-12(17-11)14(19)20/h1-7H,8H2,(H,16,18)(H,19,20). The number of carbonyl (C=O) groups is 2. The van der Waals surface area contributed by atoms with Crippen LogP contribution >= 0.6 is 0 Å². The van der Waals surface area contributed by atoms with Crippen molar-refractivity contribution >= 4 is 11.9 Å². The summed E-state index contributed by atoms with van der Waals surface area (Å²) in [5.41, 5.74) is 0.0972. The molecule has 0 aliphatic rings. The molecule has 0 aliphatic heterocycles. The van der Waals surface area contributed by atoms with Crippen LogP contribution in [0.1, 0.15) is 26.5 Å². The molecule has 0 bridgehead atoms. The highest BCUT2D eigenvalue weighted by Crippen LogP contribution is 2.06. The Labute approximate surface area is 114 Å². The summed E-state index contributed by atoms with van der Waals surface area (Å²) in [7, 11) is 0. The van der Waals surface area contributed by atoms with Crippen molar-refractivity contribution in [2.24, 2.45) is 0 Å². The Morgan fingerprint density at radius 3 is 2.50 bits per heavy atom.